The molecule has 1 unspecified atom stereocenters. The van der Waals surface area contributed by atoms with E-state index in [-0.39, 0.29) is 0 Å². The Balaban J connectivity index is 2.21. The average Bonchev–Trinajstić information content (AvgIpc) is 2.52. The normalized spacial score (nSPS) is 12.2. The highest BCUT2D eigenvalue weighted by Gasteiger charge is 2.15. The fourth-order valence-corrected chi connectivity index (χ4v) is 2.68. The van der Waals surface area contributed by atoms with E-state index >= 15 is 0 Å². The van der Waals surface area contributed by atoms with Gasteiger partial charge in [0.05, 0.1) is 7.11 Å². The minimum absolute atomic E-state index is 0.673. The summed E-state index contributed by atoms with van der Waals surface area (Å²) in [6.45, 7) is 2.19. The number of hydrogen-bond donors (Lipinski definition) is 1. The van der Waals surface area contributed by atoms with Gasteiger partial charge in [0.1, 0.15) is 11.9 Å². The van der Waals surface area contributed by atoms with Crippen LogP contribution in [-0.2, 0) is 6.42 Å². The number of hydrogen-bond acceptors (Lipinski definition) is 2. The molecule has 2 rings (SSSR count). The first-order valence-corrected chi connectivity index (χ1v) is 8.05. The van der Waals surface area contributed by atoms with E-state index in [0.29, 0.717) is 5.75 Å². The van der Waals surface area contributed by atoms with Crippen LogP contribution in [0.1, 0.15) is 42.6 Å². The summed E-state index contributed by atoms with van der Waals surface area (Å²) in [6.07, 6.45) is 2.81. The van der Waals surface area contributed by atoms with Crippen molar-refractivity contribution in [3.8, 4) is 5.75 Å². The SMILES string of the molecule is CCCCc1ccc(C(O)c2ccc(Br)cc2OC)cc1. The summed E-state index contributed by atoms with van der Waals surface area (Å²) in [4.78, 5) is 0. The Labute approximate surface area is 134 Å². The van der Waals surface area contributed by atoms with E-state index < -0.39 is 6.10 Å². The third kappa shape index (κ3) is 4.08. The minimum Gasteiger partial charge on any atom is -0.496 e. The second-order valence-electron chi connectivity index (χ2n) is 5.13. The highest BCUT2D eigenvalue weighted by molar-refractivity contribution is 9.10. The first kappa shape index (κ1) is 16.1. The predicted molar refractivity (Wildman–Crippen MR) is 89.8 cm³/mol. The molecule has 0 heterocycles. The van der Waals surface area contributed by atoms with Crippen molar-refractivity contribution in [3.05, 3.63) is 63.6 Å². The zero-order chi connectivity index (χ0) is 15.2. The number of unbranched alkanes of at least 4 members (excludes halogenated alkanes) is 1. The molecule has 0 saturated carbocycles. The molecule has 2 aromatic rings. The van der Waals surface area contributed by atoms with Crippen molar-refractivity contribution in [1.29, 1.82) is 0 Å². The van der Waals surface area contributed by atoms with Gasteiger partial charge in [-0.3, -0.25) is 0 Å². The molecule has 2 nitrogen and oxygen atoms in total. The lowest BCUT2D eigenvalue weighted by molar-refractivity contribution is 0.214. The molecule has 21 heavy (non-hydrogen) atoms. The van der Waals surface area contributed by atoms with Crippen molar-refractivity contribution in [2.45, 2.75) is 32.3 Å². The summed E-state index contributed by atoms with van der Waals surface area (Å²) in [5, 5.41) is 10.6. The van der Waals surface area contributed by atoms with Gasteiger partial charge in [-0.2, -0.15) is 0 Å². The van der Waals surface area contributed by atoms with E-state index in [1.165, 1.54) is 18.4 Å². The molecule has 1 atom stereocenters. The maximum atomic E-state index is 10.6. The van der Waals surface area contributed by atoms with Crippen molar-refractivity contribution < 1.29 is 9.84 Å². The highest BCUT2D eigenvalue weighted by Crippen LogP contribution is 2.32. The molecular formula is C18H21BrO2. The number of aryl methyl sites for hydroxylation is 1. The number of halogens is 1. The number of aliphatic hydroxyl groups is 1. The van der Waals surface area contributed by atoms with Crippen LogP contribution in [0.25, 0.3) is 0 Å². The second kappa shape index (κ2) is 7.62. The van der Waals surface area contributed by atoms with Gasteiger partial charge in [-0.15, -0.1) is 0 Å². The Morgan fingerprint density at radius 1 is 1.14 bits per heavy atom. The van der Waals surface area contributed by atoms with E-state index in [1.54, 1.807) is 7.11 Å². The first-order chi connectivity index (χ1) is 10.2. The molecule has 2 aromatic carbocycles. The molecule has 0 amide bonds. The van der Waals surface area contributed by atoms with Gasteiger partial charge in [-0.25, -0.2) is 0 Å². The molecule has 0 aliphatic carbocycles. The summed E-state index contributed by atoms with van der Waals surface area (Å²) in [7, 11) is 1.62. The van der Waals surface area contributed by atoms with Crippen LogP contribution in [0.4, 0.5) is 0 Å². The smallest absolute Gasteiger partial charge is 0.126 e. The van der Waals surface area contributed by atoms with Crippen LogP contribution in [0.5, 0.6) is 5.75 Å². The highest BCUT2D eigenvalue weighted by atomic mass is 79.9. The van der Waals surface area contributed by atoms with Crippen molar-refractivity contribution >= 4 is 15.9 Å². The van der Waals surface area contributed by atoms with Gasteiger partial charge in [0.2, 0.25) is 0 Å². The van der Waals surface area contributed by atoms with Gasteiger partial charge in [0.15, 0.2) is 0 Å². The first-order valence-electron chi connectivity index (χ1n) is 7.26. The van der Waals surface area contributed by atoms with Gasteiger partial charge in [-0.1, -0.05) is 59.6 Å². The fraction of sp³-hybridized carbons (Fsp3) is 0.333. The number of methoxy groups -OCH3 is 1. The third-order valence-electron chi connectivity index (χ3n) is 3.60. The molecule has 0 spiro atoms. The average molecular weight is 349 g/mol. The van der Waals surface area contributed by atoms with Crippen molar-refractivity contribution in [2.75, 3.05) is 7.11 Å². The van der Waals surface area contributed by atoms with Crippen molar-refractivity contribution in [1.82, 2.24) is 0 Å². The van der Waals surface area contributed by atoms with Crippen LogP contribution < -0.4 is 4.74 Å². The van der Waals surface area contributed by atoms with Crippen molar-refractivity contribution in [3.63, 3.8) is 0 Å². The summed E-state index contributed by atoms with van der Waals surface area (Å²) < 4.78 is 6.29. The zero-order valence-corrected chi connectivity index (χ0v) is 14.1. The monoisotopic (exact) mass is 348 g/mol. The number of rotatable bonds is 6. The van der Waals surface area contributed by atoms with Gasteiger partial charge in [0, 0.05) is 10.0 Å². The van der Waals surface area contributed by atoms with E-state index in [0.717, 1.165) is 22.0 Å². The van der Waals surface area contributed by atoms with E-state index in [4.69, 9.17) is 4.74 Å². The van der Waals surface area contributed by atoms with Crippen LogP contribution in [0.3, 0.4) is 0 Å². The Morgan fingerprint density at radius 3 is 2.48 bits per heavy atom. The molecule has 3 heteroatoms. The largest absolute Gasteiger partial charge is 0.496 e. The summed E-state index contributed by atoms with van der Waals surface area (Å²) in [5.74, 6) is 0.687. The minimum atomic E-state index is -0.673. The predicted octanol–water partition coefficient (Wildman–Crippen LogP) is 4.88. The Hall–Kier alpha value is -1.32. The standard InChI is InChI=1S/C18H21BrO2/c1-3-4-5-13-6-8-14(9-7-13)18(20)16-11-10-15(19)12-17(16)21-2/h6-12,18,20H,3-5H2,1-2H3. The lowest BCUT2D eigenvalue weighted by Gasteiger charge is -2.16. The molecule has 0 aromatic heterocycles. The molecular weight excluding hydrogens is 328 g/mol. The molecule has 0 radical (unpaired) electrons. The van der Waals surface area contributed by atoms with Gasteiger partial charge < -0.3 is 9.84 Å². The number of ether oxygens (including phenoxy) is 1. The maximum Gasteiger partial charge on any atom is 0.126 e. The van der Waals surface area contributed by atoms with Crippen molar-refractivity contribution in [2.24, 2.45) is 0 Å². The molecule has 0 saturated heterocycles. The zero-order valence-electron chi connectivity index (χ0n) is 12.5. The summed E-state index contributed by atoms with van der Waals surface area (Å²) >= 11 is 3.41. The topological polar surface area (TPSA) is 29.5 Å². The van der Waals surface area contributed by atoms with E-state index in [1.807, 2.05) is 30.3 Å². The molecule has 0 aliphatic rings. The Bertz CT molecular complexity index is 578. The quantitative estimate of drug-likeness (QED) is 0.805. The third-order valence-corrected chi connectivity index (χ3v) is 4.10. The van der Waals surface area contributed by atoms with Crippen LogP contribution in [0.15, 0.2) is 46.9 Å². The summed E-state index contributed by atoms with van der Waals surface area (Å²) in [6, 6.07) is 13.9. The summed E-state index contributed by atoms with van der Waals surface area (Å²) in [5.41, 5.74) is 2.98. The lowest BCUT2D eigenvalue weighted by atomic mass is 9.98. The van der Waals surface area contributed by atoms with Crippen LogP contribution in [0.2, 0.25) is 0 Å². The molecule has 112 valence electrons. The Morgan fingerprint density at radius 2 is 1.86 bits per heavy atom. The van der Waals surface area contributed by atoms with Gasteiger partial charge in [0.25, 0.3) is 0 Å². The maximum absolute atomic E-state index is 10.6. The fourth-order valence-electron chi connectivity index (χ4n) is 2.34. The number of aliphatic hydroxyl groups excluding tert-OH is 1. The van der Waals surface area contributed by atoms with E-state index in [2.05, 4.69) is 35.0 Å². The van der Waals surface area contributed by atoms with Gasteiger partial charge in [-0.05, 0) is 36.1 Å². The lowest BCUT2D eigenvalue weighted by Crippen LogP contribution is -2.02. The molecule has 0 aliphatic heterocycles. The second-order valence-corrected chi connectivity index (χ2v) is 6.05. The van der Waals surface area contributed by atoms with Crippen LogP contribution in [-0.4, -0.2) is 12.2 Å². The molecule has 0 bridgehead atoms. The van der Waals surface area contributed by atoms with Crippen LogP contribution in [0, 0.1) is 0 Å². The number of benzene rings is 2. The van der Waals surface area contributed by atoms with E-state index in [9.17, 15) is 5.11 Å². The van der Waals surface area contributed by atoms with Gasteiger partial charge >= 0.3 is 0 Å². The molecule has 0 fully saturated rings. The Kier molecular flexibility index (Phi) is 5.83. The molecule has 1 N–H and O–H groups in total. The van der Waals surface area contributed by atoms with Crippen LogP contribution >= 0.6 is 15.9 Å².